The van der Waals surface area contributed by atoms with Crippen molar-refractivity contribution in [3.05, 3.63) is 30.1 Å². The minimum Gasteiger partial charge on any atom is -0.481 e. The van der Waals surface area contributed by atoms with Crippen LogP contribution in [0, 0.1) is 5.82 Å². The molecule has 1 N–H and O–H groups in total. The zero-order valence-electron chi connectivity index (χ0n) is 12.2. The highest BCUT2D eigenvalue weighted by Gasteiger charge is 2.29. The van der Waals surface area contributed by atoms with Crippen LogP contribution in [-0.4, -0.2) is 53.8 Å². The lowest BCUT2D eigenvalue weighted by Gasteiger charge is -2.33. The summed E-state index contributed by atoms with van der Waals surface area (Å²) in [4.78, 5) is 24.5. The van der Waals surface area contributed by atoms with Crippen LogP contribution in [0.2, 0.25) is 0 Å². The number of amides is 1. The van der Waals surface area contributed by atoms with Gasteiger partial charge in [0, 0.05) is 19.2 Å². The molecule has 1 aliphatic rings. The summed E-state index contributed by atoms with van der Waals surface area (Å²) < 4.78 is 23.9. The molecule has 2 rings (SSSR count). The Hall–Kier alpha value is -2.15. The maximum atomic E-state index is 13.1. The molecular formula is C15H18FNO5. The van der Waals surface area contributed by atoms with Gasteiger partial charge in [-0.1, -0.05) is 6.07 Å². The zero-order chi connectivity index (χ0) is 16.1. The first-order chi connectivity index (χ1) is 10.5. The van der Waals surface area contributed by atoms with Gasteiger partial charge >= 0.3 is 5.97 Å². The molecule has 1 fully saturated rings. The molecule has 2 atom stereocenters. The van der Waals surface area contributed by atoms with Crippen molar-refractivity contribution in [2.24, 2.45) is 0 Å². The number of halogens is 1. The van der Waals surface area contributed by atoms with E-state index in [1.807, 2.05) is 0 Å². The van der Waals surface area contributed by atoms with E-state index in [1.165, 1.54) is 23.1 Å². The first-order valence-corrected chi connectivity index (χ1v) is 7.00. The molecule has 1 heterocycles. The first-order valence-electron chi connectivity index (χ1n) is 7.00. The number of carbonyl (C=O) groups is 2. The lowest BCUT2D eigenvalue weighted by molar-refractivity contribution is -0.151. The van der Waals surface area contributed by atoms with Crippen LogP contribution in [0.4, 0.5) is 4.39 Å². The number of morpholine rings is 1. The van der Waals surface area contributed by atoms with Crippen molar-refractivity contribution in [3.63, 3.8) is 0 Å². The van der Waals surface area contributed by atoms with E-state index < -0.39 is 24.0 Å². The minimum absolute atomic E-state index is 0.150. The van der Waals surface area contributed by atoms with Gasteiger partial charge < -0.3 is 19.5 Å². The fourth-order valence-corrected chi connectivity index (χ4v) is 2.29. The van der Waals surface area contributed by atoms with Crippen molar-refractivity contribution in [1.29, 1.82) is 0 Å². The van der Waals surface area contributed by atoms with Crippen LogP contribution in [0.5, 0.6) is 5.75 Å². The average Bonchev–Trinajstić information content (AvgIpc) is 2.46. The van der Waals surface area contributed by atoms with E-state index in [9.17, 15) is 14.0 Å². The van der Waals surface area contributed by atoms with Crippen molar-refractivity contribution in [1.82, 2.24) is 4.90 Å². The smallest absolute Gasteiger partial charge is 0.306 e. The highest BCUT2D eigenvalue weighted by atomic mass is 19.1. The van der Waals surface area contributed by atoms with Crippen molar-refractivity contribution in [2.75, 3.05) is 19.7 Å². The Kier molecular flexibility index (Phi) is 5.32. The summed E-state index contributed by atoms with van der Waals surface area (Å²) in [5.41, 5.74) is 0. The Morgan fingerprint density at radius 2 is 2.32 bits per heavy atom. The van der Waals surface area contributed by atoms with E-state index >= 15 is 0 Å². The number of benzene rings is 1. The maximum absolute atomic E-state index is 13.1. The Morgan fingerprint density at radius 3 is 3.00 bits per heavy atom. The molecule has 0 saturated carbocycles. The van der Waals surface area contributed by atoms with Gasteiger partial charge in [0.25, 0.3) is 5.91 Å². The Balaban J connectivity index is 1.93. The highest BCUT2D eigenvalue weighted by Crippen LogP contribution is 2.16. The molecule has 120 valence electrons. The van der Waals surface area contributed by atoms with Crippen molar-refractivity contribution in [2.45, 2.75) is 25.6 Å². The molecule has 1 aromatic carbocycles. The third-order valence-corrected chi connectivity index (χ3v) is 3.31. The van der Waals surface area contributed by atoms with Crippen LogP contribution in [0.25, 0.3) is 0 Å². The second kappa shape index (κ2) is 7.22. The molecule has 0 aromatic heterocycles. The van der Waals surface area contributed by atoms with E-state index in [0.717, 1.165) is 0 Å². The van der Waals surface area contributed by atoms with Gasteiger partial charge in [-0.05, 0) is 19.1 Å². The summed E-state index contributed by atoms with van der Waals surface area (Å²) in [7, 11) is 0. The van der Waals surface area contributed by atoms with E-state index in [2.05, 4.69) is 0 Å². The second-order valence-electron chi connectivity index (χ2n) is 5.09. The first kappa shape index (κ1) is 16.2. The van der Waals surface area contributed by atoms with Gasteiger partial charge in [0.2, 0.25) is 0 Å². The number of nitrogens with zero attached hydrogens (tertiary/aromatic N) is 1. The van der Waals surface area contributed by atoms with Crippen LogP contribution in [0.3, 0.4) is 0 Å². The lowest BCUT2D eigenvalue weighted by atomic mass is 10.2. The van der Waals surface area contributed by atoms with Crippen molar-refractivity contribution >= 4 is 11.9 Å². The number of hydrogen-bond acceptors (Lipinski definition) is 4. The quantitative estimate of drug-likeness (QED) is 0.887. The van der Waals surface area contributed by atoms with E-state index in [1.54, 1.807) is 13.0 Å². The second-order valence-corrected chi connectivity index (χ2v) is 5.09. The Labute approximate surface area is 127 Å². The van der Waals surface area contributed by atoms with Gasteiger partial charge in [-0.25, -0.2) is 4.39 Å². The largest absolute Gasteiger partial charge is 0.481 e. The topological polar surface area (TPSA) is 76.1 Å². The fraction of sp³-hybridized carbons (Fsp3) is 0.467. The number of carboxylic acids is 1. The normalized spacial score (nSPS) is 19.5. The van der Waals surface area contributed by atoms with Crippen LogP contribution >= 0.6 is 0 Å². The molecule has 22 heavy (non-hydrogen) atoms. The van der Waals surface area contributed by atoms with Crippen molar-refractivity contribution < 1.29 is 28.6 Å². The van der Waals surface area contributed by atoms with Crippen molar-refractivity contribution in [3.8, 4) is 5.75 Å². The number of ether oxygens (including phenoxy) is 2. The number of rotatable bonds is 5. The number of hydrogen-bond donors (Lipinski definition) is 1. The third-order valence-electron chi connectivity index (χ3n) is 3.31. The minimum atomic E-state index is -0.969. The van der Waals surface area contributed by atoms with Gasteiger partial charge in [-0.2, -0.15) is 0 Å². The maximum Gasteiger partial charge on any atom is 0.306 e. The highest BCUT2D eigenvalue weighted by molar-refractivity contribution is 5.81. The van der Waals surface area contributed by atoms with Gasteiger partial charge in [-0.3, -0.25) is 9.59 Å². The molecule has 0 spiro atoms. The standard InChI is InChI=1S/C15H18FNO5/c1-10(22-12-4-2-3-11(16)7-12)15(20)17-5-6-21-13(9-17)8-14(18)19/h2-4,7,10,13H,5-6,8-9H2,1H3,(H,18,19)/t10-,13+/m0/s1. The molecule has 1 aliphatic heterocycles. The van der Waals surface area contributed by atoms with Crippen LogP contribution in [0.15, 0.2) is 24.3 Å². The van der Waals surface area contributed by atoms with Gasteiger partial charge in [0.1, 0.15) is 11.6 Å². The molecule has 0 bridgehead atoms. The molecule has 1 aromatic rings. The summed E-state index contributed by atoms with van der Waals surface area (Å²) in [6.07, 6.45) is -1.45. The molecule has 6 nitrogen and oxygen atoms in total. The summed E-state index contributed by atoms with van der Waals surface area (Å²) in [5, 5.41) is 8.78. The Morgan fingerprint density at radius 1 is 1.55 bits per heavy atom. The van der Waals surface area contributed by atoms with E-state index in [-0.39, 0.29) is 31.2 Å². The molecule has 0 aliphatic carbocycles. The number of carbonyl (C=O) groups excluding carboxylic acids is 1. The predicted molar refractivity (Wildman–Crippen MR) is 75.1 cm³/mol. The molecular weight excluding hydrogens is 293 g/mol. The van der Waals surface area contributed by atoms with Gasteiger partial charge in [0.05, 0.1) is 19.1 Å². The summed E-state index contributed by atoms with van der Waals surface area (Å²) in [5.74, 6) is -1.41. The third kappa shape index (κ3) is 4.42. The van der Waals surface area contributed by atoms with Gasteiger partial charge in [-0.15, -0.1) is 0 Å². The predicted octanol–water partition coefficient (Wildman–Crippen LogP) is 1.30. The molecule has 7 heteroatoms. The van der Waals surface area contributed by atoms with Crippen LogP contribution in [0.1, 0.15) is 13.3 Å². The Bertz CT molecular complexity index is 550. The SMILES string of the molecule is C[C@H](Oc1cccc(F)c1)C(=O)N1CCO[C@H](CC(=O)O)C1. The molecule has 1 saturated heterocycles. The van der Waals surface area contributed by atoms with Gasteiger partial charge in [0.15, 0.2) is 6.10 Å². The van der Waals surface area contributed by atoms with Crippen LogP contribution in [-0.2, 0) is 14.3 Å². The summed E-state index contributed by atoms with van der Waals surface area (Å²) in [6, 6.07) is 5.56. The summed E-state index contributed by atoms with van der Waals surface area (Å²) >= 11 is 0. The summed E-state index contributed by atoms with van der Waals surface area (Å²) in [6.45, 7) is 2.46. The van der Waals surface area contributed by atoms with E-state index in [4.69, 9.17) is 14.6 Å². The molecule has 0 unspecified atom stereocenters. The number of aliphatic carboxylic acids is 1. The van der Waals surface area contributed by atoms with E-state index in [0.29, 0.717) is 6.54 Å². The average molecular weight is 311 g/mol. The lowest BCUT2D eigenvalue weighted by Crippen LogP contribution is -2.50. The molecule has 1 amide bonds. The molecule has 0 radical (unpaired) electrons. The monoisotopic (exact) mass is 311 g/mol. The van der Waals surface area contributed by atoms with Crippen LogP contribution < -0.4 is 4.74 Å². The number of carboxylic acid groups (broad SMARTS) is 1. The zero-order valence-corrected chi connectivity index (χ0v) is 12.2. The fourth-order valence-electron chi connectivity index (χ4n) is 2.29.